The maximum atomic E-state index is 10.2. The Morgan fingerprint density at radius 2 is 2.50 bits per heavy atom. The molecule has 1 aromatic rings. The van der Waals surface area contributed by atoms with E-state index in [0.717, 1.165) is 6.08 Å². The Morgan fingerprint density at radius 1 is 1.83 bits per heavy atom. The first-order chi connectivity index (χ1) is 5.61. The lowest BCUT2D eigenvalue weighted by Crippen LogP contribution is -1.90. The molecule has 0 atom stereocenters. The van der Waals surface area contributed by atoms with Crippen molar-refractivity contribution in [1.29, 1.82) is 0 Å². The Bertz CT molecular complexity index is 311. The van der Waals surface area contributed by atoms with Crippen molar-refractivity contribution in [2.75, 3.05) is 0 Å². The Morgan fingerprint density at radius 3 is 2.92 bits per heavy atom. The number of imidazole rings is 1. The van der Waals surface area contributed by atoms with E-state index in [4.69, 9.17) is 16.7 Å². The summed E-state index contributed by atoms with van der Waals surface area (Å²) in [5, 5.41) is 8.64. The van der Waals surface area contributed by atoms with Gasteiger partial charge in [0.25, 0.3) is 0 Å². The molecule has 0 bridgehead atoms. The second-order valence-corrected chi connectivity index (χ2v) is 2.56. The van der Waals surface area contributed by atoms with Gasteiger partial charge in [-0.25, -0.2) is 9.78 Å². The largest absolute Gasteiger partial charge is 0.478 e. The summed E-state index contributed by atoms with van der Waals surface area (Å²) in [4.78, 5) is 13.9. The molecular formula is C7H7ClN2O2. The monoisotopic (exact) mass is 186 g/mol. The fraction of sp³-hybridized carbons (Fsp3) is 0.143. The third-order valence-corrected chi connectivity index (χ3v) is 1.61. The average Bonchev–Trinajstić information content (AvgIpc) is 2.28. The number of carboxylic acid groups (broad SMARTS) is 1. The zero-order valence-corrected chi connectivity index (χ0v) is 7.12. The lowest BCUT2D eigenvalue weighted by Gasteiger charge is -1.93. The molecule has 1 aromatic heterocycles. The number of carboxylic acids is 1. The topological polar surface area (TPSA) is 55.1 Å². The van der Waals surface area contributed by atoms with E-state index < -0.39 is 5.97 Å². The first kappa shape index (κ1) is 8.80. The summed E-state index contributed by atoms with van der Waals surface area (Å²) in [7, 11) is 1.74. The smallest absolute Gasteiger partial charge is 0.328 e. The van der Waals surface area contributed by atoms with Gasteiger partial charge in [-0.15, -0.1) is 0 Å². The molecule has 0 radical (unpaired) electrons. The third-order valence-electron chi connectivity index (χ3n) is 1.32. The predicted octanol–water partition coefficient (Wildman–Crippen LogP) is 1.17. The zero-order valence-electron chi connectivity index (χ0n) is 6.36. The van der Waals surface area contributed by atoms with Gasteiger partial charge in [-0.3, -0.25) is 0 Å². The predicted molar refractivity (Wildman–Crippen MR) is 44.9 cm³/mol. The molecule has 0 saturated heterocycles. The molecule has 1 rings (SSSR count). The fourth-order valence-electron chi connectivity index (χ4n) is 0.748. The second-order valence-electron chi connectivity index (χ2n) is 2.20. The number of aromatic nitrogens is 2. The number of aryl methyl sites for hydroxylation is 1. The molecular weight excluding hydrogens is 180 g/mol. The number of nitrogens with zero attached hydrogens (tertiary/aromatic N) is 2. The molecule has 0 saturated carbocycles. The van der Waals surface area contributed by atoms with Crippen molar-refractivity contribution < 1.29 is 9.90 Å². The minimum absolute atomic E-state index is 0.301. The van der Waals surface area contributed by atoms with Gasteiger partial charge in [0.2, 0.25) is 0 Å². The van der Waals surface area contributed by atoms with Crippen molar-refractivity contribution >= 4 is 23.6 Å². The third kappa shape index (κ3) is 1.85. The first-order valence-electron chi connectivity index (χ1n) is 3.19. The van der Waals surface area contributed by atoms with Crippen LogP contribution in [-0.2, 0) is 11.8 Å². The Hall–Kier alpha value is -1.29. The minimum Gasteiger partial charge on any atom is -0.478 e. The average molecular weight is 187 g/mol. The van der Waals surface area contributed by atoms with E-state index in [1.54, 1.807) is 11.6 Å². The highest BCUT2D eigenvalue weighted by Gasteiger charge is 2.01. The highest BCUT2D eigenvalue weighted by Crippen LogP contribution is 2.13. The van der Waals surface area contributed by atoms with Crippen LogP contribution in [0.2, 0.25) is 5.15 Å². The molecule has 0 unspecified atom stereocenters. The molecule has 0 aliphatic rings. The highest BCUT2D eigenvalue weighted by atomic mass is 35.5. The molecule has 0 spiro atoms. The maximum Gasteiger partial charge on any atom is 0.328 e. The van der Waals surface area contributed by atoms with Gasteiger partial charge in [0, 0.05) is 13.1 Å². The highest BCUT2D eigenvalue weighted by molar-refractivity contribution is 6.30. The van der Waals surface area contributed by atoms with E-state index >= 15 is 0 Å². The standard InChI is InChI=1S/C7H7ClN2O2/c1-10-4-9-7(8)5(10)2-3-6(11)12/h2-4H,1H3,(H,11,12)/b3-2+. The Balaban J connectivity index is 2.95. The number of hydrogen-bond donors (Lipinski definition) is 1. The van der Waals surface area contributed by atoms with Gasteiger partial charge >= 0.3 is 5.97 Å². The van der Waals surface area contributed by atoms with Crippen LogP contribution in [0, 0.1) is 0 Å². The van der Waals surface area contributed by atoms with Gasteiger partial charge in [0.1, 0.15) is 0 Å². The number of carbonyl (C=O) groups is 1. The van der Waals surface area contributed by atoms with Crippen molar-refractivity contribution in [3.05, 3.63) is 23.3 Å². The zero-order chi connectivity index (χ0) is 9.14. The number of halogens is 1. The van der Waals surface area contributed by atoms with Crippen molar-refractivity contribution in [1.82, 2.24) is 9.55 Å². The summed E-state index contributed by atoms with van der Waals surface area (Å²) in [6.45, 7) is 0. The van der Waals surface area contributed by atoms with Gasteiger partial charge in [0.05, 0.1) is 12.0 Å². The molecule has 0 aliphatic carbocycles. The summed E-state index contributed by atoms with van der Waals surface area (Å²) >= 11 is 5.65. The SMILES string of the molecule is Cn1cnc(Cl)c1/C=C/C(=O)O. The van der Waals surface area contributed by atoms with Crippen LogP contribution in [0.5, 0.6) is 0 Å². The molecule has 1 N–H and O–H groups in total. The summed E-state index contributed by atoms with van der Waals surface area (Å²) in [5.41, 5.74) is 0.582. The molecule has 5 heteroatoms. The van der Waals surface area contributed by atoms with Crippen LogP contribution in [0.3, 0.4) is 0 Å². The summed E-state index contributed by atoms with van der Waals surface area (Å²) in [6.07, 6.45) is 3.93. The Labute approximate surface area is 74.1 Å². The van der Waals surface area contributed by atoms with E-state index in [9.17, 15) is 4.79 Å². The summed E-state index contributed by atoms with van der Waals surface area (Å²) < 4.78 is 1.64. The maximum absolute atomic E-state index is 10.2. The van der Waals surface area contributed by atoms with E-state index in [1.807, 2.05) is 0 Å². The Kier molecular flexibility index (Phi) is 2.50. The van der Waals surface area contributed by atoms with Crippen molar-refractivity contribution in [3.8, 4) is 0 Å². The van der Waals surface area contributed by atoms with Crippen LogP contribution >= 0.6 is 11.6 Å². The van der Waals surface area contributed by atoms with E-state index in [-0.39, 0.29) is 0 Å². The van der Waals surface area contributed by atoms with Crippen LogP contribution < -0.4 is 0 Å². The number of rotatable bonds is 2. The normalized spacial score (nSPS) is 10.8. The van der Waals surface area contributed by atoms with Gasteiger partial charge in [-0.05, 0) is 6.08 Å². The molecule has 0 aliphatic heterocycles. The van der Waals surface area contributed by atoms with Crippen LogP contribution in [-0.4, -0.2) is 20.6 Å². The minimum atomic E-state index is -1.01. The molecule has 12 heavy (non-hydrogen) atoms. The van der Waals surface area contributed by atoms with E-state index in [1.165, 1.54) is 12.4 Å². The van der Waals surface area contributed by atoms with Crippen LogP contribution in [0.1, 0.15) is 5.69 Å². The van der Waals surface area contributed by atoms with Gasteiger partial charge < -0.3 is 9.67 Å². The van der Waals surface area contributed by atoms with Crippen molar-refractivity contribution in [2.24, 2.45) is 7.05 Å². The number of aliphatic carboxylic acids is 1. The van der Waals surface area contributed by atoms with Crippen LogP contribution in [0.25, 0.3) is 6.08 Å². The van der Waals surface area contributed by atoms with Crippen molar-refractivity contribution in [3.63, 3.8) is 0 Å². The van der Waals surface area contributed by atoms with Gasteiger partial charge in [-0.2, -0.15) is 0 Å². The van der Waals surface area contributed by atoms with E-state index in [2.05, 4.69) is 4.98 Å². The van der Waals surface area contributed by atoms with E-state index in [0.29, 0.717) is 10.8 Å². The number of hydrogen-bond acceptors (Lipinski definition) is 2. The first-order valence-corrected chi connectivity index (χ1v) is 3.57. The van der Waals surface area contributed by atoms with Gasteiger partial charge in [0.15, 0.2) is 5.15 Å². The molecule has 0 amide bonds. The molecule has 4 nitrogen and oxygen atoms in total. The quantitative estimate of drug-likeness (QED) is 0.706. The van der Waals surface area contributed by atoms with Gasteiger partial charge in [-0.1, -0.05) is 11.6 Å². The lowest BCUT2D eigenvalue weighted by molar-refractivity contribution is -0.131. The summed E-state index contributed by atoms with van der Waals surface area (Å²) in [6, 6.07) is 0. The lowest BCUT2D eigenvalue weighted by atomic mass is 10.4. The molecule has 0 aromatic carbocycles. The van der Waals surface area contributed by atoms with Crippen LogP contribution in [0.4, 0.5) is 0 Å². The van der Waals surface area contributed by atoms with Crippen molar-refractivity contribution in [2.45, 2.75) is 0 Å². The fourth-order valence-corrected chi connectivity index (χ4v) is 0.988. The molecule has 0 fully saturated rings. The molecule has 1 heterocycles. The summed E-state index contributed by atoms with van der Waals surface area (Å²) in [5.74, 6) is -1.01. The van der Waals surface area contributed by atoms with Crippen LogP contribution in [0.15, 0.2) is 12.4 Å². The molecule has 64 valence electrons. The second kappa shape index (κ2) is 3.40.